The predicted molar refractivity (Wildman–Crippen MR) is 87.7 cm³/mol. The van der Waals surface area contributed by atoms with Crippen LogP contribution >= 0.6 is 0 Å². The summed E-state index contributed by atoms with van der Waals surface area (Å²) in [5, 5.41) is 6.07. The molecule has 0 saturated heterocycles. The number of amides is 1. The molecule has 21 heavy (non-hydrogen) atoms. The fourth-order valence-electron chi connectivity index (χ4n) is 1.87. The zero-order valence-corrected chi connectivity index (χ0v) is 13.6. The lowest BCUT2D eigenvalue weighted by Gasteiger charge is -2.20. The lowest BCUT2D eigenvalue weighted by atomic mass is 10.2. The van der Waals surface area contributed by atoms with Gasteiger partial charge in [-0.1, -0.05) is 0 Å². The van der Waals surface area contributed by atoms with Crippen molar-refractivity contribution >= 4 is 11.6 Å². The van der Waals surface area contributed by atoms with Crippen LogP contribution in [0.5, 0.6) is 0 Å². The highest BCUT2D eigenvalue weighted by Gasteiger charge is 2.06. The Morgan fingerprint density at radius 3 is 2.67 bits per heavy atom. The molecule has 5 heteroatoms. The Bertz CT molecular complexity index is 417. The summed E-state index contributed by atoms with van der Waals surface area (Å²) < 4.78 is 0. The zero-order chi connectivity index (χ0) is 15.7. The molecule has 0 saturated carbocycles. The molecule has 0 aliphatic rings. The Morgan fingerprint density at radius 1 is 1.33 bits per heavy atom. The van der Waals surface area contributed by atoms with Gasteiger partial charge in [-0.05, 0) is 59.3 Å². The molecule has 0 fully saturated rings. The second kappa shape index (κ2) is 9.34. The van der Waals surface area contributed by atoms with Crippen LogP contribution in [0.1, 0.15) is 44.1 Å². The fraction of sp³-hybridized carbons (Fsp3) is 0.625. The van der Waals surface area contributed by atoms with Crippen LogP contribution in [0.2, 0.25) is 0 Å². The number of rotatable bonds is 9. The molecule has 0 bridgehead atoms. The molecule has 0 unspecified atom stereocenters. The van der Waals surface area contributed by atoms with Gasteiger partial charge >= 0.3 is 0 Å². The average molecular weight is 292 g/mol. The molecule has 1 amide bonds. The molecule has 1 heterocycles. The second-order valence-electron chi connectivity index (χ2n) is 5.50. The fourth-order valence-corrected chi connectivity index (χ4v) is 1.87. The number of carbonyl (C=O) groups excluding carboxylic acids is 1. The van der Waals surface area contributed by atoms with Gasteiger partial charge in [0.25, 0.3) is 5.91 Å². The lowest BCUT2D eigenvalue weighted by Crippen LogP contribution is -2.29. The molecule has 1 rings (SSSR count). The summed E-state index contributed by atoms with van der Waals surface area (Å²) in [5.41, 5.74) is 1.40. The topological polar surface area (TPSA) is 57.3 Å². The highest BCUT2D eigenvalue weighted by Crippen LogP contribution is 2.05. The summed E-state index contributed by atoms with van der Waals surface area (Å²) in [7, 11) is 2.12. The normalized spacial score (nSPS) is 11.0. The summed E-state index contributed by atoms with van der Waals surface area (Å²) in [4.78, 5) is 18.4. The second-order valence-corrected chi connectivity index (χ2v) is 5.50. The van der Waals surface area contributed by atoms with Crippen LogP contribution in [-0.2, 0) is 0 Å². The van der Waals surface area contributed by atoms with Crippen molar-refractivity contribution < 1.29 is 4.79 Å². The van der Waals surface area contributed by atoms with Gasteiger partial charge in [-0.3, -0.25) is 4.79 Å². The van der Waals surface area contributed by atoms with E-state index in [0.29, 0.717) is 18.3 Å². The number of anilines is 1. The molecule has 0 aliphatic heterocycles. The number of hydrogen-bond donors (Lipinski definition) is 2. The smallest absolute Gasteiger partial charge is 0.269 e. The van der Waals surface area contributed by atoms with Crippen LogP contribution in [0.15, 0.2) is 18.3 Å². The number of nitrogens with zero attached hydrogens (tertiary/aromatic N) is 2. The Labute approximate surface area is 128 Å². The quantitative estimate of drug-likeness (QED) is 0.686. The molecular formula is C16H28N4O. The standard InChI is InChI=1S/C16H28N4O/c1-5-17-14-8-9-15(19-12-14)16(21)18-10-6-7-11-20(4)13(2)3/h8-9,12-13,17H,5-7,10-11H2,1-4H3,(H,18,21). The molecule has 2 N–H and O–H groups in total. The van der Waals surface area contributed by atoms with Crippen LogP contribution in [0.3, 0.4) is 0 Å². The van der Waals surface area contributed by atoms with Crippen molar-refractivity contribution in [3.8, 4) is 0 Å². The van der Waals surface area contributed by atoms with Gasteiger partial charge in [0.2, 0.25) is 0 Å². The van der Waals surface area contributed by atoms with E-state index in [4.69, 9.17) is 0 Å². The molecule has 1 aromatic rings. The predicted octanol–water partition coefficient (Wildman–Crippen LogP) is 2.36. The maximum Gasteiger partial charge on any atom is 0.269 e. The van der Waals surface area contributed by atoms with Crippen molar-refractivity contribution in [2.24, 2.45) is 0 Å². The highest BCUT2D eigenvalue weighted by atomic mass is 16.1. The Kier molecular flexibility index (Phi) is 7.75. The Balaban J connectivity index is 2.24. The van der Waals surface area contributed by atoms with Gasteiger partial charge in [-0.2, -0.15) is 0 Å². The van der Waals surface area contributed by atoms with E-state index >= 15 is 0 Å². The minimum atomic E-state index is -0.102. The molecule has 118 valence electrons. The average Bonchev–Trinajstić information content (AvgIpc) is 2.47. The summed E-state index contributed by atoms with van der Waals surface area (Å²) in [5.74, 6) is -0.102. The number of unbranched alkanes of at least 4 members (excludes halogenated alkanes) is 1. The third-order valence-electron chi connectivity index (χ3n) is 3.48. The monoisotopic (exact) mass is 292 g/mol. The minimum absolute atomic E-state index is 0.102. The zero-order valence-electron chi connectivity index (χ0n) is 13.6. The van der Waals surface area contributed by atoms with Gasteiger partial charge in [-0.15, -0.1) is 0 Å². The van der Waals surface area contributed by atoms with E-state index in [2.05, 4.69) is 41.4 Å². The Hall–Kier alpha value is -1.62. The lowest BCUT2D eigenvalue weighted by molar-refractivity contribution is 0.0947. The number of nitrogens with one attached hydrogen (secondary N) is 2. The van der Waals surface area contributed by atoms with E-state index in [9.17, 15) is 4.79 Å². The molecule has 5 nitrogen and oxygen atoms in total. The molecule has 0 radical (unpaired) electrons. The van der Waals surface area contributed by atoms with Crippen molar-refractivity contribution in [3.05, 3.63) is 24.0 Å². The Morgan fingerprint density at radius 2 is 2.10 bits per heavy atom. The van der Waals surface area contributed by atoms with Gasteiger partial charge < -0.3 is 15.5 Å². The van der Waals surface area contributed by atoms with Gasteiger partial charge in [-0.25, -0.2) is 4.98 Å². The van der Waals surface area contributed by atoms with Crippen LogP contribution in [-0.4, -0.2) is 48.5 Å². The van der Waals surface area contributed by atoms with Gasteiger partial charge in [0, 0.05) is 19.1 Å². The summed E-state index contributed by atoms with van der Waals surface area (Å²) in [6.07, 6.45) is 3.76. The van der Waals surface area contributed by atoms with Crippen molar-refractivity contribution in [1.82, 2.24) is 15.2 Å². The third-order valence-corrected chi connectivity index (χ3v) is 3.48. The molecule has 1 aromatic heterocycles. The van der Waals surface area contributed by atoms with E-state index < -0.39 is 0 Å². The SMILES string of the molecule is CCNc1ccc(C(=O)NCCCCN(C)C(C)C)nc1. The van der Waals surface area contributed by atoms with Gasteiger partial charge in [0.05, 0.1) is 11.9 Å². The van der Waals surface area contributed by atoms with Crippen LogP contribution < -0.4 is 10.6 Å². The maximum absolute atomic E-state index is 11.9. The molecular weight excluding hydrogens is 264 g/mol. The highest BCUT2D eigenvalue weighted by molar-refractivity contribution is 5.92. The number of pyridine rings is 1. The minimum Gasteiger partial charge on any atom is -0.384 e. The van der Waals surface area contributed by atoms with E-state index in [1.807, 2.05) is 13.0 Å². The van der Waals surface area contributed by atoms with E-state index in [1.54, 1.807) is 12.3 Å². The largest absolute Gasteiger partial charge is 0.384 e. The van der Waals surface area contributed by atoms with E-state index in [0.717, 1.165) is 31.6 Å². The van der Waals surface area contributed by atoms with Crippen molar-refractivity contribution in [2.75, 3.05) is 32.0 Å². The molecule has 0 aliphatic carbocycles. The van der Waals surface area contributed by atoms with Crippen LogP contribution in [0.25, 0.3) is 0 Å². The first-order valence-corrected chi connectivity index (χ1v) is 7.73. The number of hydrogen-bond acceptors (Lipinski definition) is 4. The summed E-state index contributed by atoms with van der Waals surface area (Å²) in [6, 6.07) is 4.20. The first-order chi connectivity index (χ1) is 10.0. The van der Waals surface area contributed by atoms with Crippen LogP contribution in [0.4, 0.5) is 5.69 Å². The van der Waals surface area contributed by atoms with Crippen molar-refractivity contribution in [1.29, 1.82) is 0 Å². The first-order valence-electron chi connectivity index (χ1n) is 7.73. The number of aromatic nitrogens is 1. The van der Waals surface area contributed by atoms with Crippen LogP contribution in [0, 0.1) is 0 Å². The summed E-state index contributed by atoms with van der Waals surface area (Å²) in [6.45, 7) is 9.00. The molecule has 0 atom stereocenters. The van der Waals surface area contributed by atoms with Gasteiger partial charge in [0.1, 0.15) is 5.69 Å². The summed E-state index contributed by atoms with van der Waals surface area (Å²) >= 11 is 0. The van der Waals surface area contributed by atoms with E-state index in [1.165, 1.54) is 0 Å². The van der Waals surface area contributed by atoms with Crippen molar-refractivity contribution in [3.63, 3.8) is 0 Å². The molecule has 0 aromatic carbocycles. The molecule has 0 spiro atoms. The third kappa shape index (κ3) is 6.58. The van der Waals surface area contributed by atoms with E-state index in [-0.39, 0.29) is 5.91 Å². The van der Waals surface area contributed by atoms with Gasteiger partial charge in [0.15, 0.2) is 0 Å². The number of carbonyl (C=O) groups is 1. The maximum atomic E-state index is 11.9. The first kappa shape index (κ1) is 17.4. The van der Waals surface area contributed by atoms with Crippen molar-refractivity contribution in [2.45, 2.75) is 39.7 Å².